The van der Waals surface area contributed by atoms with Crippen LogP contribution in [-0.4, -0.2) is 36.4 Å². The summed E-state index contributed by atoms with van der Waals surface area (Å²) >= 11 is 0. The number of amides is 1. The Morgan fingerprint density at radius 2 is 2.14 bits per heavy atom. The van der Waals surface area contributed by atoms with Gasteiger partial charge in [-0.25, -0.2) is 4.39 Å². The van der Waals surface area contributed by atoms with Crippen LogP contribution in [-0.2, 0) is 13.0 Å². The minimum atomic E-state index is -0.212. The molecule has 0 bridgehead atoms. The highest BCUT2D eigenvalue weighted by Gasteiger charge is 2.20. The molecule has 0 radical (unpaired) electrons. The van der Waals surface area contributed by atoms with Gasteiger partial charge in [-0.3, -0.25) is 4.79 Å². The standard InChI is InChI=1S/C16H18FN3O/c1-19(2)16(21)14-6-5-13(18-14)10-20-8-7-11-3-4-12(17)9-15(11)20/h3-6,9,18H,7-8,10H2,1-2H3. The van der Waals surface area contributed by atoms with Gasteiger partial charge in [0.2, 0.25) is 0 Å². The number of nitrogens with one attached hydrogen (secondary N) is 1. The number of halogens is 1. The van der Waals surface area contributed by atoms with Crippen LogP contribution < -0.4 is 4.90 Å². The van der Waals surface area contributed by atoms with Crippen LogP contribution >= 0.6 is 0 Å². The molecule has 4 nitrogen and oxygen atoms in total. The number of hydrogen-bond donors (Lipinski definition) is 1. The Bertz CT molecular complexity index is 678. The number of aromatic nitrogens is 1. The molecule has 1 aromatic heterocycles. The summed E-state index contributed by atoms with van der Waals surface area (Å²) < 4.78 is 13.4. The molecule has 0 atom stereocenters. The number of hydrogen-bond acceptors (Lipinski definition) is 2. The number of carbonyl (C=O) groups is 1. The molecular weight excluding hydrogens is 269 g/mol. The van der Waals surface area contributed by atoms with E-state index >= 15 is 0 Å². The van der Waals surface area contributed by atoms with Crippen molar-refractivity contribution in [2.45, 2.75) is 13.0 Å². The van der Waals surface area contributed by atoms with Gasteiger partial charge in [-0.15, -0.1) is 0 Å². The lowest BCUT2D eigenvalue weighted by atomic mass is 10.2. The van der Waals surface area contributed by atoms with E-state index in [-0.39, 0.29) is 11.7 Å². The number of aromatic amines is 1. The van der Waals surface area contributed by atoms with Gasteiger partial charge in [0, 0.05) is 32.0 Å². The third-order valence-corrected chi connectivity index (χ3v) is 3.78. The lowest BCUT2D eigenvalue weighted by molar-refractivity contribution is 0.0822. The lowest BCUT2D eigenvalue weighted by Crippen LogP contribution is -2.23. The maximum Gasteiger partial charge on any atom is 0.269 e. The molecule has 0 aliphatic carbocycles. The molecule has 3 rings (SSSR count). The minimum absolute atomic E-state index is 0.0471. The molecule has 0 unspecified atom stereocenters. The summed E-state index contributed by atoms with van der Waals surface area (Å²) in [4.78, 5) is 18.7. The highest BCUT2D eigenvalue weighted by Crippen LogP contribution is 2.29. The Morgan fingerprint density at radius 1 is 1.33 bits per heavy atom. The van der Waals surface area contributed by atoms with Gasteiger partial charge in [0.25, 0.3) is 5.91 Å². The van der Waals surface area contributed by atoms with Gasteiger partial charge < -0.3 is 14.8 Å². The maximum absolute atomic E-state index is 13.4. The van der Waals surface area contributed by atoms with E-state index in [1.807, 2.05) is 12.1 Å². The summed E-state index contributed by atoms with van der Waals surface area (Å²) in [6.45, 7) is 1.52. The van der Waals surface area contributed by atoms with Crippen LogP contribution in [0.25, 0.3) is 0 Å². The van der Waals surface area contributed by atoms with E-state index in [1.54, 1.807) is 26.2 Å². The summed E-state index contributed by atoms with van der Waals surface area (Å²) in [5, 5.41) is 0. The highest BCUT2D eigenvalue weighted by atomic mass is 19.1. The van der Waals surface area contributed by atoms with Crippen LogP contribution in [0, 0.1) is 5.82 Å². The second-order valence-electron chi connectivity index (χ2n) is 5.54. The third kappa shape index (κ3) is 2.63. The summed E-state index contributed by atoms with van der Waals surface area (Å²) in [6, 6.07) is 8.64. The van der Waals surface area contributed by atoms with Crippen LogP contribution in [0.1, 0.15) is 21.7 Å². The van der Waals surface area contributed by atoms with Gasteiger partial charge in [-0.05, 0) is 36.2 Å². The van der Waals surface area contributed by atoms with Gasteiger partial charge in [0.05, 0.1) is 6.54 Å². The summed E-state index contributed by atoms with van der Waals surface area (Å²) in [6.07, 6.45) is 0.930. The van der Waals surface area contributed by atoms with Crippen LogP contribution in [0.15, 0.2) is 30.3 Å². The summed E-state index contributed by atoms with van der Waals surface area (Å²) in [5.74, 6) is -0.260. The molecule has 5 heteroatoms. The summed E-state index contributed by atoms with van der Waals surface area (Å²) in [7, 11) is 3.45. The first-order valence-corrected chi connectivity index (χ1v) is 6.97. The predicted octanol–water partition coefficient (Wildman–Crippen LogP) is 2.42. The Morgan fingerprint density at radius 3 is 2.90 bits per heavy atom. The molecule has 0 spiro atoms. The average molecular weight is 287 g/mol. The quantitative estimate of drug-likeness (QED) is 0.941. The molecule has 0 saturated carbocycles. The molecule has 110 valence electrons. The van der Waals surface area contributed by atoms with Gasteiger partial charge in [-0.2, -0.15) is 0 Å². The largest absolute Gasteiger partial charge is 0.365 e. The van der Waals surface area contributed by atoms with E-state index in [2.05, 4.69) is 9.88 Å². The Kier molecular flexibility index (Phi) is 3.41. The van der Waals surface area contributed by atoms with Crippen LogP contribution in [0.2, 0.25) is 0 Å². The fourth-order valence-electron chi connectivity index (χ4n) is 2.69. The first-order valence-electron chi connectivity index (χ1n) is 6.97. The third-order valence-electron chi connectivity index (χ3n) is 3.78. The Balaban J connectivity index is 1.77. The topological polar surface area (TPSA) is 39.3 Å². The van der Waals surface area contributed by atoms with Gasteiger partial charge in [0.1, 0.15) is 11.5 Å². The van der Waals surface area contributed by atoms with E-state index in [0.29, 0.717) is 12.2 Å². The molecule has 21 heavy (non-hydrogen) atoms. The number of rotatable bonds is 3. The van der Waals surface area contributed by atoms with E-state index in [4.69, 9.17) is 0 Å². The van der Waals surface area contributed by atoms with Gasteiger partial charge >= 0.3 is 0 Å². The second kappa shape index (κ2) is 5.24. The number of nitrogens with zero attached hydrogens (tertiary/aromatic N) is 2. The van der Waals surface area contributed by atoms with Crippen molar-refractivity contribution >= 4 is 11.6 Å². The lowest BCUT2D eigenvalue weighted by Gasteiger charge is -2.18. The van der Waals surface area contributed by atoms with E-state index in [1.165, 1.54) is 16.5 Å². The molecule has 1 aliphatic heterocycles. The average Bonchev–Trinajstić information content (AvgIpc) is 3.06. The molecule has 1 N–H and O–H groups in total. The van der Waals surface area contributed by atoms with Crippen molar-refractivity contribution in [3.05, 3.63) is 53.1 Å². The van der Waals surface area contributed by atoms with Gasteiger partial charge in [-0.1, -0.05) is 6.07 Å². The molecule has 1 amide bonds. The van der Waals surface area contributed by atoms with Crippen molar-refractivity contribution in [2.24, 2.45) is 0 Å². The second-order valence-corrected chi connectivity index (χ2v) is 5.54. The van der Waals surface area contributed by atoms with Crippen molar-refractivity contribution < 1.29 is 9.18 Å². The first kappa shape index (κ1) is 13.7. The fraction of sp³-hybridized carbons (Fsp3) is 0.312. The van der Waals surface area contributed by atoms with E-state index in [0.717, 1.165) is 24.3 Å². The SMILES string of the molecule is CN(C)C(=O)c1ccc(CN2CCc3ccc(F)cc32)[nH]1. The smallest absolute Gasteiger partial charge is 0.269 e. The van der Waals surface area contributed by atoms with Crippen molar-refractivity contribution in [1.29, 1.82) is 0 Å². The number of anilines is 1. The van der Waals surface area contributed by atoms with Crippen LogP contribution in [0.5, 0.6) is 0 Å². The fourth-order valence-corrected chi connectivity index (χ4v) is 2.69. The Hall–Kier alpha value is -2.30. The monoisotopic (exact) mass is 287 g/mol. The molecule has 0 fully saturated rings. The predicted molar refractivity (Wildman–Crippen MR) is 80.0 cm³/mol. The maximum atomic E-state index is 13.4. The number of H-pyrrole nitrogens is 1. The number of carbonyl (C=O) groups excluding carboxylic acids is 1. The zero-order chi connectivity index (χ0) is 15.0. The highest BCUT2D eigenvalue weighted by molar-refractivity contribution is 5.92. The normalized spacial score (nSPS) is 13.4. The van der Waals surface area contributed by atoms with E-state index < -0.39 is 0 Å². The van der Waals surface area contributed by atoms with Crippen molar-refractivity contribution in [2.75, 3.05) is 25.5 Å². The molecule has 1 aromatic carbocycles. The minimum Gasteiger partial charge on any atom is -0.365 e. The molecular formula is C16H18FN3O. The molecule has 2 aromatic rings. The molecule has 2 heterocycles. The first-order chi connectivity index (χ1) is 10.0. The van der Waals surface area contributed by atoms with Crippen LogP contribution in [0.4, 0.5) is 10.1 Å². The van der Waals surface area contributed by atoms with Crippen molar-refractivity contribution in [1.82, 2.24) is 9.88 Å². The Labute approximate surface area is 123 Å². The van der Waals surface area contributed by atoms with Gasteiger partial charge in [0.15, 0.2) is 0 Å². The zero-order valence-corrected chi connectivity index (χ0v) is 12.2. The van der Waals surface area contributed by atoms with Crippen molar-refractivity contribution in [3.63, 3.8) is 0 Å². The van der Waals surface area contributed by atoms with Crippen molar-refractivity contribution in [3.8, 4) is 0 Å². The summed E-state index contributed by atoms with van der Waals surface area (Å²) in [5.41, 5.74) is 3.66. The van der Waals surface area contributed by atoms with Crippen LogP contribution in [0.3, 0.4) is 0 Å². The molecule has 0 saturated heterocycles. The molecule has 1 aliphatic rings. The van der Waals surface area contributed by atoms with E-state index in [9.17, 15) is 9.18 Å². The zero-order valence-electron chi connectivity index (χ0n) is 12.2. The number of benzene rings is 1. The number of fused-ring (bicyclic) bond motifs is 1.